The van der Waals surface area contributed by atoms with E-state index in [1.54, 1.807) is 11.3 Å². The molecule has 6 heteroatoms. The molecule has 0 saturated heterocycles. The predicted molar refractivity (Wildman–Crippen MR) is 78.1 cm³/mol. The molecule has 0 aliphatic heterocycles. The Morgan fingerprint density at radius 2 is 2.11 bits per heavy atom. The smallest absolute Gasteiger partial charge is 0.150 e. The molecule has 4 nitrogen and oxygen atoms in total. The second-order valence-corrected chi connectivity index (χ2v) is 8.52. The van der Waals surface area contributed by atoms with E-state index in [1.165, 1.54) is 11.0 Å². The first-order valence-electron chi connectivity index (χ1n) is 6.29. The van der Waals surface area contributed by atoms with Crippen molar-refractivity contribution in [2.45, 2.75) is 30.7 Å². The quantitative estimate of drug-likeness (QED) is 0.937. The number of thiazole rings is 1. The molecule has 0 atom stereocenters. The third-order valence-electron chi connectivity index (χ3n) is 3.58. The van der Waals surface area contributed by atoms with E-state index in [-0.39, 0.29) is 5.25 Å². The van der Waals surface area contributed by atoms with Crippen molar-refractivity contribution in [3.05, 3.63) is 29.3 Å². The molecule has 102 valence electrons. The zero-order chi connectivity index (χ0) is 13.5. The van der Waals surface area contributed by atoms with Gasteiger partial charge >= 0.3 is 0 Å². The fourth-order valence-corrected chi connectivity index (χ4v) is 4.39. The molecule has 1 fully saturated rings. The Bertz CT molecular complexity index is 654. The van der Waals surface area contributed by atoms with Crippen LogP contribution in [0.4, 0.5) is 0 Å². The highest BCUT2D eigenvalue weighted by molar-refractivity contribution is 7.91. The molecule has 0 amide bonds. The molecule has 1 aromatic heterocycles. The van der Waals surface area contributed by atoms with E-state index < -0.39 is 9.84 Å². The van der Waals surface area contributed by atoms with Crippen LogP contribution in [0.2, 0.25) is 0 Å². The average Bonchev–Trinajstić information content (AvgIpc) is 2.67. The van der Waals surface area contributed by atoms with Crippen molar-refractivity contribution in [1.82, 2.24) is 10.3 Å². The minimum absolute atomic E-state index is 0.152. The molecule has 1 heterocycles. The number of rotatable bonds is 4. The molecule has 0 spiro atoms. The number of hydrogen-bond donors (Lipinski definition) is 1. The molecular weight excluding hydrogens is 280 g/mol. The normalized spacial score (nSPS) is 23.4. The number of hydrogen-bond acceptors (Lipinski definition) is 5. The molecule has 0 unspecified atom stereocenters. The number of para-hydroxylation sites is 1. The lowest BCUT2D eigenvalue weighted by Crippen LogP contribution is -2.47. The maximum atomic E-state index is 11.3. The minimum Gasteiger partial charge on any atom is -0.308 e. The largest absolute Gasteiger partial charge is 0.308 e. The molecule has 1 aliphatic carbocycles. The van der Waals surface area contributed by atoms with Crippen LogP contribution >= 0.6 is 11.3 Å². The Balaban J connectivity index is 1.56. The molecule has 1 aromatic carbocycles. The van der Waals surface area contributed by atoms with Crippen LogP contribution in [0.3, 0.4) is 0 Å². The third-order valence-corrected chi connectivity index (χ3v) is 6.21. The molecule has 1 saturated carbocycles. The van der Waals surface area contributed by atoms with Crippen LogP contribution in [0, 0.1) is 0 Å². The topological polar surface area (TPSA) is 59.1 Å². The summed E-state index contributed by atoms with van der Waals surface area (Å²) in [6.45, 7) is 0.723. The first kappa shape index (κ1) is 13.0. The van der Waals surface area contributed by atoms with Gasteiger partial charge in [0.25, 0.3) is 0 Å². The van der Waals surface area contributed by atoms with Gasteiger partial charge in [-0.05, 0) is 25.0 Å². The second kappa shape index (κ2) is 4.85. The number of nitrogens with zero attached hydrogens (tertiary/aromatic N) is 1. The van der Waals surface area contributed by atoms with E-state index in [2.05, 4.69) is 16.4 Å². The molecule has 1 N–H and O–H groups in total. The lowest BCUT2D eigenvalue weighted by atomic mass is 9.92. The summed E-state index contributed by atoms with van der Waals surface area (Å²) in [6.07, 6.45) is 2.77. The van der Waals surface area contributed by atoms with Gasteiger partial charge < -0.3 is 5.32 Å². The summed E-state index contributed by atoms with van der Waals surface area (Å²) in [5.41, 5.74) is 1.03. The maximum absolute atomic E-state index is 11.3. The van der Waals surface area contributed by atoms with Crippen LogP contribution in [-0.2, 0) is 16.4 Å². The number of sulfone groups is 1. The summed E-state index contributed by atoms with van der Waals surface area (Å²) >= 11 is 1.69. The van der Waals surface area contributed by atoms with Gasteiger partial charge in [-0.3, -0.25) is 0 Å². The second-order valence-electron chi connectivity index (χ2n) is 5.08. The zero-order valence-electron chi connectivity index (χ0n) is 10.7. The van der Waals surface area contributed by atoms with Gasteiger partial charge in [0.05, 0.1) is 15.5 Å². The van der Waals surface area contributed by atoms with E-state index >= 15 is 0 Å². The molecule has 1 aliphatic rings. The first-order chi connectivity index (χ1) is 9.02. The van der Waals surface area contributed by atoms with Gasteiger partial charge in [-0.25, -0.2) is 13.4 Å². The highest BCUT2D eigenvalue weighted by Crippen LogP contribution is 2.27. The van der Waals surface area contributed by atoms with Crippen molar-refractivity contribution >= 4 is 31.4 Å². The predicted octanol–water partition coefficient (Wildman–Crippen LogP) is 1.96. The SMILES string of the molecule is CS(=O)(=O)C1CC(NCc2nc3ccccc3s2)C1. The fraction of sp³-hybridized carbons (Fsp3) is 0.462. The maximum Gasteiger partial charge on any atom is 0.150 e. The summed E-state index contributed by atoms with van der Waals surface area (Å²) in [6, 6.07) is 8.40. The number of aromatic nitrogens is 1. The van der Waals surface area contributed by atoms with Crippen molar-refractivity contribution in [3.8, 4) is 0 Å². The number of nitrogens with one attached hydrogen (secondary N) is 1. The monoisotopic (exact) mass is 296 g/mol. The van der Waals surface area contributed by atoms with Gasteiger partial charge in [0, 0.05) is 18.8 Å². The van der Waals surface area contributed by atoms with Crippen LogP contribution in [0.5, 0.6) is 0 Å². The van der Waals surface area contributed by atoms with Crippen LogP contribution in [0.15, 0.2) is 24.3 Å². The molecular formula is C13H16N2O2S2. The van der Waals surface area contributed by atoms with Gasteiger partial charge in [-0.1, -0.05) is 12.1 Å². The minimum atomic E-state index is -2.86. The van der Waals surface area contributed by atoms with Crippen LogP contribution < -0.4 is 5.32 Å². The molecule has 0 bridgehead atoms. The van der Waals surface area contributed by atoms with Crippen LogP contribution in [-0.4, -0.2) is 30.9 Å². The lowest BCUT2D eigenvalue weighted by Gasteiger charge is -2.34. The standard InChI is InChI=1S/C13H16N2O2S2/c1-19(16,17)10-6-9(7-10)14-8-13-15-11-4-2-3-5-12(11)18-13/h2-5,9-10,14H,6-8H2,1H3. The molecule has 3 rings (SSSR count). The van der Waals surface area contributed by atoms with Crippen molar-refractivity contribution in [3.63, 3.8) is 0 Å². The van der Waals surface area contributed by atoms with Crippen molar-refractivity contribution in [2.75, 3.05) is 6.26 Å². The van der Waals surface area contributed by atoms with Gasteiger partial charge in [-0.15, -0.1) is 11.3 Å². The first-order valence-corrected chi connectivity index (χ1v) is 9.06. The Labute approximate surface area is 116 Å². The van der Waals surface area contributed by atoms with Crippen LogP contribution in [0.1, 0.15) is 17.8 Å². The summed E-state index contributed by atoms with van der Waals surface area (Å²) < 4.78 is 23.8. The van der Waals surface area contributed by atoms with Gasteiger partial charge in [-0.2, -0.15) is 0 Å². The van der Waals surface area contributed by atoms with Crippen molar-refractivity contribution < 1.29 is 8.42 Å². The fourth-order valence-electron chi connectivity index (χ4n) is 2.31. The van der Waals surface area contributed by atoms with E-state index in [1.807, 2.05) is 18.2 Å². The average molecular weight is 296 g/mol. The van der Waals surface area contributed by atoms with Gasteiger partial charge in [0.15, 0.2) is 0 Å². The van der Waals surface area contributed by atoms with Crippen LogP contribution in [0.25, 0.3) is 10.2 Å². The summed E-state index contributed by atoms with van der Waals surface area (Å²) in [5, 5.41) is 4.29. The van der Waals surface area contributed by atoms with Gasteiger partial charge in [0.2, 0.25) is 0 Å². The summed E-state index contributed by atoms with van der Waals surface area (Å²) in [7, 11) is -2.86. The van der Waals surface area contributed by atoms with E-state index in [0.29, 0.717) is 6.04 Å². The molecule has 19 heavy (non-hydrogen) atoms. The Hall–Kier alpha value is -0.980. The van der Waals surface area contributed by atoms with E-state index in [0.717, 1.165) is 29.9 Å². The highest BCUT2D eigenvalue weighted by Gasteiger charge is 2.35. The Kier molecular flexibility index (Phi) is 3.32. The molecule has 2 aromatic rings. The highest BCUT2D eigenvalue weighted by atomic mass is 32.2. The van der Waals surface area contributed by atoms with E-state index in [9.17, 15) is 8.42 Å². The van der Waals surface area contributed by atoms with Gasteiger partial charge in [0.1, 0.15) is 14.8 Å². The Morgan fingerprint density at radius 1 is 1.37 bits per heavy atom. The zero-order valence-corrected chi connectivity index (χ0v) is 12.3. The summed E-state index contributed by atoms with van der Waals surface area (Å²) in [4.78, 5) is 4.55. The third kappa shape index (κ3) is 2.80. The van der Waals surface area contributed by atoms with E-state index in [4.69, 9.17) is 0 Å². The Morgan fingerprint density at radius 3 is 2.79 bits per heavy atom. The van der Waals surface area contributed by atoms with Crippen molar-refractivity contribution in [2.24, 2.45) is 0 Å². The lowest BCUT2D eigenvalue weighted by molar-refractivity contribution is 0.338. The number of fused-ring (bicyclic) bond motifs is 1. The summed E-state index contributed by atoms with van der Waals surface area (Å²) in [5.74, 6) is 0. The molecule has 0 radical (unpaired) electrons. The number of benzene rings is 1. The van der Waals surface area contributed by atoms with Crippen molar-refractivity contribution in [1.29, 1.82) is 0 Å².